The summed E-state index contributed by atoms with van der Waals surface area (Å²) < 4.78 is 7.60. The normalized spacial score (nSPS) is 15.9. The minimum Gasteiger partial charge on any atom is -0.497 e. The lowest BCUT2D eigenvalue weighted by molar-refractivity contribution is 0.191. The zero-order chi connectivity index (χ0) is 23.5. The molecule has 5 rings (SSSR count). The smallest absolute Gasteiger partial charge is 0.321 e. The van der Waals surface area contributed by atoms with Crippen LogP contribution in [0.2, 0.25) is 0 Å². The number of piperidine rings is 1. The van der Waals surface area contributed by atoms with E-state index in [4.69, 9.17) is 9.72 Å². The number of anilines is 1. The lowest BCUT2D eigenvalue weighted by atomic mass is 9.97. The molecule has 4 aromatic rings. The van der Waals surface area contributed by atoms with Gasteiger partial charge >= 0.3 is 6.03 Å². The maximum atomic E-state index is 13.0. The number of imidazole rings is 1. The average molecular weight is 455 g/mol. The van der Waals surface area contributed by atoms with Crippen molar-refractivity contribution in [2.24, 2.45) is 0 Å². The number of methoxy groups -OCH3 is 1. The molecule has 1 fully saturated rings. The summed E-state index contributed by atoms with van der Waals surface area (Å²) in [6.07, 6.45) is 5.00. The van der Waals surface area contributed by atoms with E-state index in [-0.39, 0.29) is 11.9 Å². The highest BCUT2D eigenvalue weighted by atomic mass is 16.5. The summed E-state index contributed by atoms with van der Waals surface area (Å²) in [6.45, 7) is 3.52. The number of hydrogen-bond donors (Lipinski definition) is 1. The first-order chi connectivity index (χ1) is 16.7. The van der Waals surface area contributed by atoms with Gasteiger partial charge in [-0.05, 0) is 61.2 Å². The number of ether oxygens (including phenoxy) is 1. The standard InChI is InChI=1S/C28H30N4O2/c1-3-20-12-14-23(15-13-20)29-28(33)31-16-7-9-22(19-31)27-30-26(25-11-4-5-17-32(25)27)21-8-6-10-24(18-21)34-2/h4-6,8,10-15,17-18,22H,3,7,9,16,19H2,1-2H3,(H,29,33)/t22-/m1/s1. The number of benzene rings is 2. The molecule has 34 heavy (non-hydrogen) atoms. The van der Waals surface area contributed by atoms with Crippen molar-refractivity contribution in [2.75, 3.05) is 25.5 Å². The van der Waals surface area contributed by atoms with Crippen molar-refractivity contribution in [1.29, 1.82) is 0 Å². The van der Waals surface area contributed by atoms with Crippen LogP contribution in [0.4, 0.5) is 10.5 Å². The highest BCUT2D eigenvalue weighted by molar-refractivity contribution is 5.89. The van der Waals surface area contributed by atoms with E-state index in [0.717, 1.165) is 59.8 Å². The lowest BCUT2D eigenvalue weighted by Crippen LogP contribution is -2.42. The van der Waals surface area contributed by atoms with Gasteiger partial charge in [0.2, 0.25) is 0 Å². The first-order valence-electron chi connectivity index (χ1n) is 11.9. The molecule has 1 aliphatic heterocycles. The molecule has 174 valence electrons. The Morgan fingerprint density at radius 2 is 1.97 bits per heavy atom. The minimum absolute atomic E-state index is 0.0529. The van der Waals surface area contributed by atoms with Crippen LogP contribution in [-0.4, -0.2) is 40.5 Å². The second kappa shape index (κ2) is 9.59. The number of likely N-dealkylation sites (tertiary alicyclic amines) is 1. The summed E-state index contributed by atoms with van der Waals surface area (Å²) in [4.78, 5) is 20.1. The van der Waals surface area contributed by atoms with Gasteiger partial charge < -0.3 is 19.4 Å². The Bertz CT molecular complexity index is 1300. The monoisotopic (exact) mass is 454 g/mol. The molecule has 0 bridgehead atoms. The second-order valence-corrected chi connectivity index (χ2v) is 8.77. The summed E-state index contributed by atoms with van der Waals surface area (Å²) >= 11 is 0. The summed E-state index contributed by atoms with van der Waals surface area (Å²) in [5.41, 5.74) is 5.11. The number of carbonyl (C=O) groups is 1. The van der Waals surface area contributed by atoms with Crippen molar-refractivity contribution in [2.45, 2.75) is 32.1 Å². The van der Waals surface area contributed by atoms with Gasteiger partial charge in [-0.3, -0.25) is 0 Å². The molecule has 3 heterocycles. The third-order valence-electron chi connectivity index (χ3n) is 6.61. The number of pyridine rings is 1. The first-order valence-corrected chi connectivity index (χ1v) is 11.9. The van der Waals surface area contributed by atoms with Crippen molar-refractivity contribution >= 4 is 17.2 Å². The van der Waals surface area contributed by atoms with Crippen molar-refractivity contribution in [1.82, 2.24) is 14.3 Å². The summed E-state index contributed by atoms with van der Waals surface area (Å²) in [5.74, 6) is 1.97. The van der Waals surface area contributed by atoms with Crippen LogP contribution in [0.15, 0.2) is 72.9 Å². The van der Waals surface area contributed by atoms with Crippen molar-refractivity contribution in [3.63, 3.8) is 0 Å². The number of nitrogens with zero attached hydrogens (tertiary/aromatic N) is 3. The maximum absolute atomic E-state index is 13.0. The summed E-state index contributed by atoms with van der Waals surface area (Å²) in [7, 11) is 1.68. The van der Waals surface area contributed by atoms with E-state index in [1.165, 1.54) is 5.56 Å². The summed E-state index contributed by atoms with van der Waals surface area (Å²) in [6, 6.07) is 22.2. The van der Waals surface area contributed by atoms with Gasteiger partial charge in [-0.2, -0.15) is 0 Å². The zero-order valence-electron chi connectivity index (χ0n) is 19.7. The van der Waals surface area contributed by atoms with Gasteiger partial charge in [-0.1, -0.05) is 37.3 Å². The number of urea groups is 1. The number of nitrogens with one attached hydrogen (secondary N) is 1. The number of hydrogen-bond acceptors (Lipinski definition) is 3. The molecule has 1 aliphatic rings. The Kier molecular flexibility index (Phi) is 6.21. The Balaban J connectivity index is 1.40. The van der Waals surface area contributed by atoms with Gasteiger partial charge in [0.25, 0.3) is 0 Å². The van der Waals surface area contributed by atoms with Crippen LogP contribution in [-0.2, 0) is 6.42 Å². The van der Waals surface area contributed by atoms with Crippen molar-refractivity contribution in [3.8, 4) is 17.0 Å². The lowest BCUT2D eigenvalue weighted by Gasteiger charge is -2.32. The topological polar surface area (TPSA) is 58.9 Å². The third-order valence-corrected chi connectivity index (χ3v) is 6.61. The van der Waals surface area contributed by atoms with E-state index in [1.54, 1.807) is 7.11 Å². The van der Waals surface area contributed by atoms with Crippen LogP contribution in [0, 0.1) is 0 Å². The Morgan fingerprint density at radius 3 is 2.76 bits per heavy atom. The maximum Gasteiger partial charge on any atom is 0.321 e. The number of carbonyl (C=O) groups excluding carboxylic acids is 1. The molecule has 2 amide bonds. The fourth-order valence-electron chi connectivity index (χ4n) is 4.73. The predicted molar refractivity (Wildman–Crippen MR) is 136 cm³/mol. The molecular formula is C28H30N4O2. The van der Waals surface area contributed by atoms with Gasteiger partial charge in [0.1, 0.15) is 11.6 Å². The Labute approximate surface area is 200 Å². The molecule has 1 atom stereocenters. The van der Waals surface area contributed by atoms with E-state index in [1.807, 2.05) is 47.4 Å². The van der Waals surface area contributed by atoms with Crippen LogP contribution >= 0.6 is 0 Å². The number of amides is 2. The number of fused-ring (bicyclic) bond motifs is 1. The van der Waals surface area contributed by atoms with E-state index >= 15 is 0 Å². The molecule has 0 unspecified atom stereocenters. The largest absolute Gasteiger partial charge is 0.497 e. The highest BCUT2D eigenvalue weighted by Gasteiger charge is 2.28. The quantitative estimate of drug-likeness (QED) is 0.403. The number of rotatable bonds is 5. The van der Waals surface area contributed by atoms with Crippen LogP contribution in [0.25, 0.3) is 16.8 Å². The van der Waals surface area contributed by atoms with Crippen LogP contribution < -0.4 is 10.1 Å². The molecule has 1 N–H and O–H groups in total. The number of aromatic nitrogens is 2. The molecule has 0 aliphatic carbocycles. The molecule has 2 aromatic heterocycles. The Hall–Kier alpha value is -3.80. The average Bonchev–Trinajstić information content (AvgIpc) is 3.29. The third kappa shape index (κ3) is 4.36. The molecule has 0 spiro atoms. The summed E-state index contributed by atoms with van der Waals surface area (Å²) in [5, 5.41) is 3.06. The van der Waals surface area contributed by atoms with Crippen molar-refractivity contribution in [3.05, 3.63) is 84.3 Å². The molecule has 0 saturated carbocycles. The fraction of sp³-hybridized carbons (Fsp3) is 0.286. The van der Waals surface area contributed by atoms with Gasteiger partial charge in [-0.25, -0.2) is 9.78 Å². The van der Waals surface area contributed by atoms with Crippen LogP contribution in [0.1, 0.15) is 37.1 Å². The molecule has 1 saturated heterocycles. The fourth-order valence-corrected chi connectivity index (χ4v) is 4.73. The van der Waals surface area contributed by atoms with E-state index in [9.17, 15) is 4.79 Å². The van der Waals surface area contributed by atoms with Crippen LogP contribution in [0.3, 0.4) is 0 Å². The first kappa shape index (κ1) is 22.0. The molecule has 0 radical (unpaired) electrons. The number of aryl methyl sites for hydroxylation is 1. The van der Waals surface area contributed by atoms with Crippen molar-refractivity contribution < 1.29 is 9.53 Å². The molecule has 6 nitrogen and oxygen atoms in total. The van der Waals surface area contributed by atoms with E-state index < -0.39 is 0 Å². The minimum atomic E-state index is -0.0529. The molecule has 2 aromatic carbocycles. The molecular weight excluding hydrogens is 424 g/mol. The SMILES string of the molecule is CCc1ccc(NC(=O)N2CCC[C@@H](c3nc(-c4cccc(OC)c4)c4ccccn34)C2)cc1. The predicted octanol–water partition coefficient (Wildman–Crippen LogP) is 5.98. The van der Waals surface area contributed by atoms with Gasteiger partial charge in [0.15, 0.2) is 0 Å². The van der Waals surface area contributed by atoms with E-state index in [2.05, 4.69) is 47.1 Å². The zero-order valence-corrected chi connectivity index (χ0v) is 19.7. The van der Waals surface area contributed by atoms with E-state index in [0.29, 0.717) is 6.54 Å². The second-order valence-electron chi connectivity index (χ2n) is 8.77. The Morgan fingerprint density at radius 1 is 1.12 bits per heavy atom. The molecule has 6 heteroatoms. The van der Waals surface area contributed by atoms with Gasteiger partial charge in [0, 0.05) is 36.5 Å². The van der Waals surface area contributed by atoms with Gasteiger partial charge in [-0.15, -0.1) is 0 Å². The highest BCUT2D eigenvalue weighted by Crippen LogP contribution is 2.33. The van der Waals surface area contributed by atoms with Gasteiger partial charge in [0.05, 0.1) is 18.3 Å². The van der Waals surface area contributed by atoms with Crippen LogP contribution in [0.5, 0.6) is 5.75 Å².